The molecule has 1 atom stereocenters. The standard InChI is InChI=1S/C15H17BrNO2S/c1-10-14(7-8-18)20-9-17(10)11(2)15(19)12-3-5-13(16)6-4-12/h3-6,9,11,18H,7-8H2,1-2H3/q+1. The average Bonchev–Trinajstić information content (AvgIpc) is 2.80. The van der Waals surface area contributed by atoms with Crippen molar-refractivity contribution in [3.8, 4) is 0 Å². The Morgan fingerprint density at radius 1 is 1.40 bits per heavy atom. The van der Waals surface area contributed by atoms with Crippen molar-refractivity contribution < 1.29 is 14.5 Å². The minimum absolute atomic E-state index is 0.0962. The highest BCUT2D eigenvalue weighted by Crippen LogP contribution is 2.18. The van der Waals surface area contributed by atoms with E-state index >= 15 is 0 Å². The Hall–Kier alpha value is -1.04. The van der Waals surface area contributed by atoms with Crippen molar-refractivity contribution in [2.24, 2.45) is 0 Å². The third-order valence-corrected chi connectivity index (χ3v) is 5.01. The summed E-state index contributed by atoms with van der Waals surface area (Å²) in [7, 11) is 0. The molecule has 1 N–H and O–H groups in total. The predicted molar refractivity (Wildman–Crippen MR) is 83.2 cm³/mol. The Morgan fingerprint density at radius 3 is 2.65 bits per heavy atom. The summed E-state index contributed by atoms with van der Waals surface area (Å²) in [6, 6.07) is 7.18. The second kappa shape index (κ2) is 6.61. The molecule has 1 unspecified atom stereocenters. The monoisotopic (exact) mass is 354 g/mol. The molecule has 0 bridgehead atoms. The first kappa shape index (κ1) is 15.4. The molecule has 0 saturated carbocycles. The van der Waals surface area contributed by atoms with E-state index in [0.29, 0.717) is 12.0 Å². The van der Waals surface area contributed by atoms with Gasteiger partial charge in [0.1, 0.15) is 0 Å². The first-order chi connectivity index (χ1) is 9.54. The lowest BCUT2D eigenvalue weighted by atomic mass is 10.1. The minimum atomic E-state index is -0.236. The van der Waals surface area contributed by atoms with Crippen LogP contribution in [-0.2, 0) is 6.42 Å². The van der Waals surface area contributed by atoms with E-state index in [9.17, 15) is 4.79 Å². The highest BCUT2D eigenvalue weighted by atomic mass is 79.9. The average molecular weight is 355 g/mol. The van der Waals surface area contributed by atoms with Gasteiger partial charge in [-0.15, -0.1) is 0 Å². The maximum Gasteiger partial charge on any atom is 0.230 e. The van der Waals surface area contributed by atoms with E-state index in [0.717, 1.165) is 15.0 Å². The van der Waals surface area contributed by atoms with E-state index < -0.39 is 0 Å². The lowest BCUT2D eigenvalue weighted by molar-refractivity contribution is -0.706. The van der Waals surface area contributed by atoms with Gasteiger partial charge < -0.3 is 5.11 Å². The second-order valence-corrected chi connectivity index (χ2v) is 6.51. The van der Waals surface area contributed by atoms with Crippen LogP contribution >= 0.6 is 27.3 Å². The van der Waals surface area contributed by atoms with Crippen LogP contribution in [0.3, 0.4) is 0 Å². The maximum atomic E-state index is 12.5. The summed E-state index contributed by atoms with van der Waals surface area (Å²) >= 11 is 4.96. The number of hydrogen-bond acceptors (Lipinski definition) is 3. The summed E-state index contributed by atoms with van der Waals surface area (Å²) in [5.74, 6) is 0.0962. The van der Waals surface area contributed by atoms with Crippen LogP contribution in [0, 0.1) is 6.92 Å². The molecular weight excluding hydrogens is 338 g/mol. The van der Waals surface area contributed by atoms with Crippen LogP contribution in [0.15, 0.2) is 34.2 Å². The second-order valence-electron chi connectivity index (χ2n) is 4.66. The molecule has 2 rings (SSSR count). The Balaban J connectivity index is 2.24. The van der Waals surface area contributed by atoms with Crippen molar-refractivity contribution in [3.05, 3.63) is 50.4 Å². The molecule has 0 amide bonds. The fraction of sp³-hybridized carbons (Fsp3) is 0.333. The number of halogens is 1. The number of aliphatic hydroxyl groups is 1. The molecule has 1 aromatic heterocycles. The quantitative estimate of drug-likeness (QED) is 0.662. The highest BCUT2D eigenvalue weighted by molar-refractivity contribution is 9.10. The Morgan fingerprint density at radius 2 is 2.05 bits per heavy atom. The van der Waals surface area contributed by atoms with Gasteiger partial charge in [0.2, 0.25) is 17.3 Å². The number of Topliss-reactive ketones (excluding diaryl/α,β-unsaturated/α-hetero) is 1. The molecule has 0 aliphatic carbocycles. The number of ketones is 1. The highest BCUT2D eigenvalue weighted by Gasteiger charge is 2.27. The van der Waals surface area contributed by atoms with E-state index in [1.165, 1.54) is 0 Å². The number of hydrogen-bond donors (Lipinski definition) is 1. The van der Waals surface area contributed by atoms with E-state index in [-0.39, 0.29) is 18.4 Å². The molecule has 1 aromatic carbocycles. The summed E-state index contributed by atoms with van der Waals surface area (Å²) in [5.41, 5.74) is 3.73. The van der Waals surface area contributed by atoms with Crippen LogP contribution in [-0.4, -0.2) is 17.5 Å². The predicted octanol–water partition coefficient (Wildman–Crippen LogP) is 3.09. The van der Waals surface area contributed by atoms with E-state index in [4.69, 9.17) is 5.11 Å². The fourth-order valence-electron chi connectivity index (χ4n) is 2.13. The molecule has 106 valence electrons. The lowest BCUT2D eigenvalue weighted by Gasteiger charge is -2.06. The topological polar surface area (TPSA) is 41.2 Å². The number of carbonyl (C=O) groups is 1. The summed E-state index contributed by atoms with van der Waals surface area (Å²) in [6.07, 6.45) is 0.642. The van der Waals surface area contributed by atoms with Gasteiger partial charge in [-0.2, -0.15) is 4.57 Å². The first-order valence-corrected chi connectivity index (χ1v) is 8.10. The van der Waals surface area contributed by atoms with Crippen molar-refractivity contribution in [2.75, 3.05) is 6.61 Å². The van der Waals surface area contributed by atoms with Crippen molar-refractivity contribution in [2.45, 2.75) is 26.3 Å². The number of nitrogens with zero attached hydrogens (tertiary/aromatic N) is 1. The molecule has 3 nitrogen and oxygen atoms in total. The zero-order valence-electron chi connectivity index (χ0n) is 11.5. The van der Waals surface area contributed by atoms with Gasteiger partial charge in [-0.3, -0.25) is 4.79 Å². The molecule has 0 aliphatic heterocycles. The van der Waals surface area contributed by atoms with Crippen LogP contribution in [0.5, 0.6) is 0 Å². The molecule has 0 fully saturated rings. The molecule has 0 spiro atoms. The first-order valence-electron chi connectivity index (χ1n) is 6.43. The van der Waals surface area contributed by atoms with Gasteiger partial charge in [-0.25, -0.2) is 0 Å². The Labute approximate surface area is 131 Å². The SMILES string of the molecule is Cc1c(CCO)sc[n+]1C(C)C(=O)c1ccc(Br)cc1. The van der Waals surface area contributed by atoms with Crippen molar-refractivity contribution in [1.82, 2.24) is 0 Å². The number of aromatic nitrogens is 1. The Kier molecular flexibility index (Phi) is 5.07. The number of thiazole rings is 1. The maximum absolute atomic E-state index is 12.5. The molecule has 1 heterocycles. The van der Waals surface area contributed by atoms with Crippen LogP contribution in [0.4, 0.5) is 0 Å². The zero-order chi connectivity index (χ0) is 14.7. The van der Waals surface area contributed by atoms with Gasteiger partial charge in [-0.1, -0.05) is 39.4 Å². The van der Waals surface area contributed by atoms with E-state index in [2.05, 4.69) is 15.9 Å². The van der Waals surface area contributed by atoms with Crippen molar-refractivity contribution in [1.29, 1.82) is 0 Å². The normalized spacial score (nSPS) is 12.4. The lowest BCUT2D eigenvalue weighted by Crippen LogP contribution is -2.43. The van der Waals surface area contributed by atoms with E-state index in [1.54, 1.807) is 11.3 Å². The smallest absolute Gasteiger partial charge is 0.230 e. The summed E-state index contributed by atoms with van der Waals surface area (Å²) < 4.78 is 2.95. The van der Waals surface area contributed by atoms with Crippen molar-refractivity contribution in [3.63, 3.8) is 0 Å². The number of rotatable bonds is 5. The third-order valence-electron chi connectivity index (χ3n) is 3.36. The van der Waals surface area contributed by atoms with Gasteiger partial charge >= 0.3 is 0 Å². The molecule has 0 saturated heterocycles. The molecule has 0 aliphatic rings. The number of benzene rings is 1. The molecular formula is C15H17BrNO2S+. The molecule has 5 heteroatoms. The van der Waals surface area contributed by atoms with Gasteiger partial charge in [0.25, 0.3) is 0 Å². The number of carbonyl (C=O) groups excluding carboxylic acids is 1. The van der Waals surface area contributed by atoms with Crippen LogP contribution in [0.1, 0.15) is 33.9 Å². The van der Waals surface area contributed by atoms with Gasteiger partial charge in [0.15, 0.2) is 5.69 Å². The summed E-state index contributed by atoms with van der Waals surface area (Å²) in [4.78, 5) is 13.6. The molecule has 2 aromatic rings. The Bertz CT molecular complexity index is 607. The summed E-state index contributed by atoms with van der Waals surface area (Å²) in [6.45, 7) is 4.04. The van der Waals surface area contributed by atoms with Gasteiger partial charge in [0, 0.05) is 36.9 Å². The minimum Gasteiger partial charge on any atom is -0.396 e. The van der Waals surface area contributed by atoms with Gasteiger partial charge in [-0.05, 0) is 12.1 Å². The van der Waals surface area contributed by atoms with Crippen LogP contribution < -0.4 is 4.57 Å². The largest absolute Gasteiger partial charge is 0.396 e. The fourth-order valence-corrected chi connectivity index (χ4v) is 3.46. The van der Waals surface area contributed by atoms with Crippen LogP contribution in [0.2, 0.25) is 0 Å². The number of aliphatic hydroxyl groups excluding tert-OH is 1. The molecule has 20 heavy (non-hydrogen) atoms. The summed E-state index contributed by atoms with van der Waals surface area (Å²) in [5, 5.41) is 9.03. The van der Waals surface area contributed by atoms with E-state index in [1.807, 2.05) is 48.2 Å². The van der Waals surface area contributed by atoms with Crippen LogP contribution in [0.25, 0.3) is 0 Å². The van der Waals surface area contributed by atoms with Crippen molar-refractivity contribution >= 4 is 33.0 Å². The van der Waals surface area contributed by atoms with Gasteiger partial charge in [0.05, 0.1) is 4.88 Å². The third kappa shape index (κ3) is 3.16. The zero-order valence-corrected chi connectivity index (χ0v) is 13.9. The molecule has 0 radical (unpaired) electrons.